The van der Waals surface area contributed by atoms with Crippen LogP contribution < -0.4 is 47.9 Å². The highest BCUT2D eigenvalue weighted by atomic mass is 16.5. The predicted molar refractivity (Wildman–Crippen MR) is 269 cm³/mol. The third kappa shape index (κ3) is 5.36. The molecule has 60 heavy (non-hydrogen) atoms. The number of nitrogens with zero attached hydrogens (tertiary/aromatic N) is 2. The number of rotatable bonds is 4. The van der Waals surface area contributed by atoms with Crippen molar-refractivity contribution in [1.29, 1.82) is 0 Å². The summed E-state index contributed by atoms with van der Waals surface area (Å²) >= 11 is 0. The smallest absolute Gasteiger partial charge is 0.256 e. The first kappa shape index (κ1) is 36.6. The first-order valence-corrected chi connectivity index (χ1v) is 21.2. The van der Waals surface area contributed by atoms with Crippen molar-refractivity contribution in [3.8, 4) is 39.4 Å². The van der Waals surface area contributed by atoms with Crippen LogP contribution in [0, 0.1) is 0 Å². The fourth-order valence-electron chi connectivity index (χ4n) is 10.2. The summed E-state index contributed by atoms with van der Waals surface area (Å²) in [6, 6.07) is 58.0. The summed E-state index contributed by atoms with van der Waals surface area (Å²) in [5, 5.41) is 2.62. The molecule has 282 valence electrons. The van der Waals surface area contributed by atoms with Gasteiger partial charge in [-0.25, -0.2) is 0 Å². The van der Waals surface area contributed by atoms with Crippen LogP contribution >= 0.6 is 0 Å². The maximum absolute atomic E-state index is 7.14. The van der Waals surface area contributed by atoms with Crippen molar-refractivity contribution in [2.45, 2.75) is 26.2 Å². The van der Waals surface area contributed by atoms with Crippen LogP contribution in [0.4, 0.5) is 17.1 Å². The molecule has 9 aromatic rings. The van der Waals surface area contributed by atoms with Crippen LogP contribution in [0.2, 0.25) is 0 Å². The van der Waals surface area contributed by atoms with Crippen LogP contribution in [-0.4, -0.2) is 42.7 Å². The van der Waals surface area contributed by atoms with E-state index in [1.165, 1.54) is 93.6 Å². The van der Waals surface area contributed by atoms with E-state index in [0.717, 1.165) is 28.6 Å². The van der Waals surface area contributed by atoms with Crippen molar-refractivity contribution in [2.75, 3.05) is 4.90 Å². The van der Waals surface area contributed by atoms with Crippen molar-refractivity contribution < 1.29 is 4.74 Å². The Hall–Kier alpha value is -6.52. The maximum atomic E-state index is 7.14. The summed E-state index contributed by atoms with van der Waals surface area (Å²) in [5.74, 6) is 1.80. The van der Waals surface area contributed by atoms with Crippen molar-refractivity contribution in [1.82, 2.24) is 4.57 Å². The quantitative estimate of drug-likeness (QED) is 0.239. The van der Waals surface area contributed by atoms with E-state index in [1.54, 1.807) is 0 Å². The molecule has 1 aromatic heterocycles. The highest BCUT2D eigenvalue weighted by molar-refractivity contribution is 6.99. The standard InChI is InChI=1S/C52H43B5N2O/c1-52(2,3)32-25-26-39-36(27-32)44-45(53)46(54)47(55)48(56)51(44)58(39)33-28-41-49-43(29-33)60-42-24-13-11-22-38(42)57(49)37-21-10-12-23-40(37)59(41)50-34(30-15-6-4-7-16-30)19-14-20-35(50)31-17-8-5-9-18-31/h4-29H,53-56H2,1-3H3. The molecule has 0 fully saturated rings. The van der Waals surface area contributed by atoms with Gasteiger partial charge >= 0.3 is 0 Å². The van der Waals surface area contributed by atoms with Gasteiger partial charge in [-0.1, -0.05) is 158 Å². The number of hydrogen-bond acceptors (Lipinski definition) is 2. The van der Waals surface area contributed by atoms with Crippen molar-refractivity contribution in [2.24, 2.45) is 0 Å². The van der Waals surface area contributed by atoms with E-state index in [2.05, 4.69) is 219 Å². The van der Waals surface area contributed by atoms with Crippen LogP contribution in [0.15, 0.2) is 158 Å². The van der Waals surface area contributed by atoms with Crippen LogP contribution in [0.5, 0.6) is 11.5 Å². The van der Waals surface area contributed by atoms with Crippen molar-refractivity contribution in [3.05, 3.63) is 163 Å². The monoisotopic (exact) mass is 766 g/mol. The zero-order valence-electron chi connectivity index (χ0n) is 35.4. The number of para-hydroxylation sites is 3. The molecule has 0 radical (unpaired) electrons. The molecule has 0 spiro atoms. The maximum Gasteiger partial charge on any atom is 0.256 e. The van der Waals surface area contributed by atoms with Crippen LogP contribution in [0.1, 0.15) is 26.3 Å². The molecule has 0 saturated heterocycles. The van der Waals surface area contributed by atoms with E-state index >= 15 is 0 Å². The van der Waals surface area contributed by atoms with E-state index in [0.29, 0.717) is 0 Å². The molecule has 3 heterocycles. The highest BCUT2D eigenvalue weighted by Gasteiger charge is 2.43. The number of anilines is 3. The summed E-state index contributed by atoms with van der Waals surface area (Å²) in [5.41, 5.74) is 22.0. The predicted octanol–water partition coefficient (Wildman–Crippen LogP) is 4.85. The molecule has 11 rings (SSSR count). The summed E-state index contributed by atoms with van der Waals surface area (Å²) in [4.78, 5) is 2.55. The largest absolute Gasteiger partial charge is 0.458 e. The van der Waals surface area contributed by atoms with E-state index in [-0.39, 0.29) is 12.1 Å². The number of ether oxygens (including phenoxy) is 1. The van der Waals surface area contributed by atoms with Gasteiger partial charge in [-0.2, -0.15) is 0 Å². The van der Waals surface area contributed by atoms with Gasteiger partial charge in [0, 0.05) is 44.9 Å². The average molecular weight is 766 g/mol. The molecule has 0 saturated carbocycles. The molecule has 0 amide bonds. The molecule has 0 N–H and O–H groups in total. The van der Waals surface area contributed by atoms with Crippen molar-refractivity contribution >= 4 is 115 Å². The summed E-state index contributed by atoms with van der Waals surface area (Å²) < 4.78 is 9.67. The van der Waals surface area contributed by atoms with Gasteiger partial charge in [0.2, 0.25) is 0 Å². The fourth-order valence-corrected chi connectivity index (χ4v) is 10.2. The van der Waals surface area contributed by atoms with E-state index in [4.69, 9.17) is 4.74 Å². The lowest BCUT2D eigenvalue weighted by atomic mass is 9.34. The number of hydrogen-bond donors (Lipinski definition) is 0. The molecule has 0 aliphatic carbocycles. The molecule has 0 bridgehead atoms. The highest BCUT2D eigenvalue weighted by Crippen LogP contribution is 2.49. The average Bonchev–Trinajstić information content (AvgIpc) is 3.62. The third-order valence-electron chi connectivity index (χ3n) is 13.5. The molecular weight excluding hydrogens is 723 g/mol. The minimum Gasteiger partial charge on any atom is -0.458 e. The Morgan fingerprint density at radius 1 is 0.533 bits per heavy atom. The van der Waals surface area contributed by atoms with E-state index in [9.17, 15) is 0 Å². The van der Waals surface area contributed by atoms with Gasteiger partial charge in [0.1, 0.15) is 42.9 Å². The second kappa shape index (κ2) is 13.5. The summed E-state index contributed by atoms with van der Waals surface area (Å²) in [6.45, 7) is 6.92. The van der Waals surface area contributed by atoms with Crippen LogP contribution in [0.3, 0.4) is 0 Å². The zero-order chi connectivity index (χ0) is 41.0. The molecule has 0 unspecified atom stereocenters. The van der Waals surface area contributed by atoms with Gasteiger partial charge in [-0.05, 0) is 68.8 Å². The Morgan fingerprint density at radius 2 is 1.15 bits per heavy atom. The lowest BCUT2D eigenvalue weighted by Crippen LogP contribution is -2.59. The normalized spacial score (nSPS) is 12.9. The molecule has 3 nitrogen and oxygen atoms in total. The number of aromatic nitrogens is 1. The Kier molecular flexibility index (Phi) is 8.23. The van der Waals surface area contributed by atoms with Gasteiger partial charge in [-0.15, -0.1) is 5.46 Å². The molecule has 8 heteroatoms. The summed E-state index contributed by atoms with van der Waals surface area (Å²) in [7, 11) is 9.18. The molecule has 2 aliphatic heterocycles. The van der Waals surface area contributed by atoms with Gasteiger partial charge in [-0.3, -0.25) is 0 Å². The molecule has 0 atom stereocenters. The number of fused-ring (bicyclic) bond motifs is 7. The topological polar surface area (TPSA) is 17.4 Å². The molecule has 2 aliphatic rings. The minimum atomic E-state index is -0.00752. The third-order valence-corrected chi connectivity index (χ3v) is 13.5. The van der Waals surface area contributed by atoms with Crippen molar-refractivity contribution in [3.63, 3.8) is 0 Å². The number of benzene rings is 8. The van der Waals surface area contributed by atoms with Crippen LogP contribution in [-0.2, 0) is 5.41 Å². The molecular formula is C52H43B5N2O. The second-order valence-corrected chi connectivity index (χ2v) is 17.8. The lowest BCUT2D eigenvalue weighted by molar-refractivity contribution is 0.487. The second-order valence-electron chi connectivity index (χ2n) is 17.8. The van der Waals surface area contributed by atoms with Gasteiger partial charge < -0.3 is 14.2 Å². The van der Waals surface area contributed by atoms with E-state index in [1.807, 2.05) is 0 Å². The Morgan fingerprint density at radius 3 is 1.83 bits per heavy atom. The van der Waals surface area contributed by atoms with Gasteiger partial charge in [0.15, 0.2) is 0 Å². The Balaban J connectivity index is 1.30. The van der Waals surface area contributed by atoms with Gasteiger partial charge in [0.05, 0.1) is 16.9 Å². The van der Waals surface area contributed by atoms with Crippen LogP contribution in [0.25, 0.3) is 49.7 Å². The first-order chi connectivity index (χ1) is 29.1. The Labute approximate surface area is 356 Å². The fraction of sp³-hybridized carbons (Fsp3) is 0.0769. The molecule has 8 aromatic carbocycles. The minimum absolute atomic E-state index is 0.00752. The first-order valence-electron chi connectivity index (χ1n) is 21.2. The van der Waals surface area contributed by atoms with Gasteiger partial charge in [0.25, 0.3) is 6.71 Å². The summed E-state index contributed by atoms with van der Waals surface area (Å²) in [6.07, 6.45) is 0. The Bertz CT molecular complexity index is 3170. The van der Waals surface area contributed by atoms with E-state index < -0.39 is 0 Å². The zero-order valence-corrected chi connectivity index (χ0v) is 35.4. The SMILES string of the molecule is Bc1c(B)c(B)c2c(c1B)c1cc(C(C)(C)C)ccc1n2-c1cc2c3c(c1)N(c1c(-c4ccccc4)cccc1-c1ccccc1)c1ccccc1B3c1ccccc1O2. The lowest BCUT2D eigenvalue weighted by Gasteiger charge is -2.41.